The Kier molecular flexibility index (Phi) is 5.29. The summed E-state index contributed by atoms with van der Waals surface area (Å²) in [5.41, 5.74) is 0. The topological polar surface area (TPSA) is 55.4 Å². The molecular formula is C12H21NO3. The molecule has 0 bridgehead atoms. The molecule has 2 unspecified atom stereocenters. The molecule has 1 fully saturated rings. The molecule has 1 heterocycles. The molecule has 0 aromatic heterocycles. The van der Waals surface area contributed by atoms with E-state index in [0.717, 1.165) is 12.8 Å². The van der Waals surface area contributed by atoms with E-state index in [9.17, 15) is 9.59 Å². The zero-order chi connectivity index (χ0) is 12.0. The molecule has 1 saturated heterocycles. The highest BCUT2D eigenvalue weighted by atomic mass is 16.5. The van der Waals surface area contributed by atoms with Crippen molar-refractivity contribution in [3.8, 4) is 0 Å². The first-order valence-corrected chi connectivity index (χ1v) is 6.09. The van der Waals surface area contributed by atoms with Crippen LogP contribution in [-0.4, -0.2) is 24.5 Å². The van der Waals surface area contributed by atoms with Crippen LogP contribution < -0.4 is 5.32 Å². The van der Waals surface area contributed by atoms with Crippen molar-refractivity contribution in [3.05, 3.63) is 0 Å². The number of rotatable bonds is 6. The van der Waals surface area contributed by atoms with Gasteiger partial charge < -0.3 is 10.1 Å². The fraction of sp³-hybridized carbons (Fsp3) is 0.833. The number of nitrogens with one attached hydrogen (secondary N) is 1. The molecule has 2 atom stereocenters. The van der Waals surface area contributed by atoms with E-state index in [1.165, 1.54) is 6.42 Å². The van der Waals surface area contributed by atoms with E-state index in [1.807, 2.05) is 0 Å². The van der Waals surface area contributed by atoms with Gasteiger partial charge in [-0.15, -0.1) is 0 Å². The van der Waals surface area contributed by atoms with Gasteiger partial charge in [-0.05, 0) is 18.8 Å². The number of ether oxygens (including phenoxy) is 1. The summed E-state index contributed by atoms with van der Waals surface area (Å²) in [6.07, 6.45) is 4.42. The number of esters is 1. The maximum Gasteiger partial charge on any atom is 0.328 e. The number of carbonyl (C=O) groups excluding carboxylic acids is 2. The predicted molar refractivity (Wildman–Crippen MR) is 60.8 cm³/mol. The van der Waals surface area contributed by atoms with Crippen molar-refractivity contribution in [2.75, 3.05) is 6.61 Å². The number of hydrogen-bond acceptors (Lipinski definition) is 3. The van der Waals surface area contributed by atoms with Gasteiger partial charge >= 0.3 is 5.97 Å². The van der Waals surface area contributed by atoms with Gasteiger partial charge in [0.25, 0.3) is 0 Å². The van der Waals surface area contributed by atoms with Crippen molar-refractivity contribution >= 4 is 11.9 Å². The van der Waals surface area contributed by atoms with E-state index in [1.54, 1.807) is 0 Å². The van der Waals surface area contributed by atoms with E-state index in [4.69, 9.17) is 4.74 Å². The molecule has 1 N–H and O–H groups in total. The van der Waals surface area contributed by atoms with Gasteiger partial charge in [-0.3, -0.25) is 4.79 Å². The third-order valence-corrected chi connectivity index (χ3v) is 2.84. The normalized spacial score (nSPS) is 21.6. The molecule has 1 amide bonds. The van der Waals surface area contributed by atoms with E-state index >= 15 is 0 Å². The van der Waals surface area contributed by atoms with Crippen LogP contribution >= 0.6 is 0 Å². The number of hydrogen-bond donors (Lipinski definition) is 1. The zero-order valence-corrected chi connectivity index (χ0v) is 10.1. The Labute approximate surface area is 96.7 Å². The Bertz CT molecular complexity index is 253. The van der Waals surface area contributed by atoms with Gasteiger partial charge in [0.05, 0.1) is 6.61 Å². The first kappa shape index (κ1) is 13.0. The van der Waals surface area contributed by atoms with Gasteiger partial charge in [-0.25, -0.2) is 4.79 Å². The molecule has 1 rings (SSSR count). The Morgan fingerprint density at radius 2 is 2.38 bits per heavy atom. The quantitative estimate of drug-likeness (QED) is 0.702. The van der Waals surface area contributed by atoms with Gasteiger partial charge in [0.2, 0.25) is 5.91 Å². The largest absolute Gasteiger partial charge is 0.464 e. The second-order valence-corrected chi connectivity index (χ2v) is 4.54. The van der Waals surface area contributed by atoms with Gasteiger partial charge in [-0.1, -0.05) is 26.7 Å². The Morgan fingerprint density at radius 3 is 2.94 bits per heavy atom. The van der Waals surface area contributed by atoms with Crippen LogP contribution in [0.1, 0.15) is 46.0 Å². The number of unbranched alkanes of at least 4 members (excludes halogenated alkanes) is 1. The molecule has 4 heteroatoms. The summed E-state index contributed by atoms with van der Waals surface area (Å²) >= 11 is 0. The molecule has 92 valence electrons. The monoisotopic (exact) mass is 227 g/mol. The molecular weight excluding hydrogens is 206 g/mol. The van der Waals surface area contributed by atoms with Crippen LogP contribution in [0.25, 0.3) is 0 Å². The average molecular weight is 227 g/mol. The van der Waals surface area contributed by atoms with Crippen molar-refractivity contribution in [3.63, 3.8) is 0 Å². The summed E-state index contributed by atoms with van der Waals surface area (Å²) in [6, 6.07) is -0.411. The highest BCUT2D eigenvalue weighted by Gasteiger charge is 2.28. The van der Waals surface area contributed by atoms with Crippen molar-refractivity contribution < 1.29 is 14.3 Å². The van der Waals surface area contributed by atoms with Crippen LogP contribution in [0.4, 0.5) is 0 Å². The van der Waals surface area contributed by atoms with E-state index in [2.05, 4.69) is 19.2 Å². The van der Waals surface area contributed by atoms with E-state index < -0.39 is 6.04 Å². The summed E-state index contributed by atoms with van der Waals surface area (Å²) in [5, 5.41) is 2.61. The van der Waals surface area contributed by atoms with Crippen LogP contribution in [0.5, 0.6) is 0 Å². The molecule has 0 aromatic rings. The first-order chi connectivity index (χ1) is 7.63. The highest BCUT2D eigenvalue weighted by molar-refractivity contribution is 5.87. The lowest BCUT2D eigenvalue weighted by Crippen LogP contribution is -2.35. The van der Waals surface area contributed by atoms with Crippen molar-refractivity contribution in [1.82, 2.24) is 5.32 Å². The minimum absolute atomic E-state index is 0.0546. The molecule has 0 aliphatic carbocycles. The van der Waals surface area contributed by atoms with Crippen molar-refractivity contribution in [1.29, 1.82) is 0 Å². The third-order valence-electron chi connectivity index (χ3n) is 2.84. The fourth-order valence-corrected chi connectivity index (χ4v) is 1.75. The zero-order valence-electron chi connectivity index (χ0n) is 10.1. The molecule has 0 saturated carbocycles. The summed E-state index contributed by atoms with van der Waals surface area (Å²) in [4.78, 5) is 22.5. The maximum atomic E-state index is 11.5. The smallest absolute Gasteiger partial charge is 0.328 e. The minimum Gasteiger partial charge on any atom is -0.464 e. The summed E-state index contributed by atoms with van der Waals surface area (Å²) in [7, 11) is 0. The summed E-state index contributed by atoms with van der Waals surface area (Å²) in [5.74, 6) is 0.0659. The van der Waals surface area contributed by atoms with Crippen LogP contribution in [-0.2, 0) is 14.3 Å². The maximum absolute atomic E-state index is 11.5. The van der Waals surface area contributed by atoms with Gasteiger partial charge in [0, 0.05) is 6.42 Å². The van der Waals surface area contributed by atoms with E-state index in [-0.39, 0.29) is 11.9 Å². The minimum atomic E-state index is -0.411. The molecule has 4 nitrogen and oxygen atoms in total. The number of amides is 1. The van der Waals surface area contributed by atoms with E-state index in [0.29, 0.717) is 25.4 Å². The summed E-state index contributed by atoms with van der Waals surface area (Å²) < 4.78 is 5.18. The fourth-order valence-electron chi connectivity index (χ4n) is 1.75. The second-order valence-electron chi connectivity index (χ2n) is 4.54. The Morgan fingerprint density at radius 1 is 1.62 bits per heavy atom. The van der Waals surface area contributed by atoms with Crippen molar-refractivity contribution in [2.45, 2.75) is 52.0 Å². The molecule has 0 spiro atoms. The Hall–Kier alpha value is -1.06. The van der Waals surface area contributed by atoms with Crippen molar-refractivity contribution in [2.24, 2.45) is 5.92 Å². The van der Waals surface area contributed by atoms with Crippen LogP contribution in [0, 0.1) is 5.92 Å². The summed E-state index contributed by atoms with van der Waals surface area (Å²) in [6.45, 7) is 4.69. The van der Waals surface area contributed by atoms with Crippen LogP contribution in [0.3, 0.4) is 0 Å². The Balaban J connectivity index is 2.17. The lowest BCUT2D eigenvalue weighted by atomic mass is 10.1. The molecule has 16 heavy (non-hydrogen) atoms. The lowest BCUT2D eigenvalue weighted by Gasteiger charge is -2.14. The lowest BCUT2D eigenvalue weighted by molar-refractivity contribution is -0.147. The predicted octanol–water partition coefficient (Wildman–Crippen LogP) is 1.63. The first-order valence-electron chi connectivity index (χ1n) is 6.09. The van der Waals surface area contributed by atoms with Crippen LogP contribution in [0.2, 0.25) is 0 Å². The van der Waals surface area contributed by atoms with Gasteiger partial charge in [-0.2, -0.15) is 0 Å². The molecule has 1 aliphatic heterocycles. The van der Waals surface area contributed by atoms with Gasteiger partial charge in [0.15, 0.2) is 0 Å². The second kappa shape index (κ2) is 6.51. The van der Waals surface area contributed by atoms with Crippen LogP contribution in [0.15, 0.2) is 0 Å². The molecule has 1 aliphatic rings. The standard InChI is InChI=1S/C12H21NO3/c1-3-4-5-9(2)8-16-12(15)10-6-7-11(14)13-10/h9-10H,3-8H2,1-2H3,(H,13,14). The van der Waals surface area contributed by atoms with Gasteiger partial charge in [0.1, 0.15) is 6.04 Å². The number of carbonyl (C=O) groups is 2. The average Bonchev–Trinajstić information content (AvgIpc) is 2.69. The highest BCUT2D eigenvalue weighted by Crippen LogP contribution is 2.11. The SMILES string of the molecule is CCCCC(C)COC(=O)C1CCC(=O)N1. The molecule has 0 aromatic carbocycles. The third kappa shape index (κ3) is 4.21. The molecule has 0 radical (unpaired) electrons.